The van der Waals surface area contributed by atoms with Gasteiger partial charge in [-0.05, 0) is 25.2 Å². The van der Waals surface area contributed by atoms with Gasteiger partial charge in [-0.25, -0.2) is 0 Å². The van der Waals surface area contributed by atoms with E-state index in [0.717, 1.165) is 63.7 Å². The summed E-state index contributed by atoms with van der Waals surface area (Å²) in [7, 11) is 0. The van der Waals surface area contributed by atoms with Crippen molar-refractivity contribution in [3.63, 3.8) is 0 Å². The van der Waals surface area contributed by atoms with Gasteiger partial charge in [0.25, 0.3) is 0 Å². The molecule has 0 spiro atoms. The van der Waals surface area contributed by atoms with Gasteiger partial charge in [-0.15, -0.1) is 0 Å². The first-order valence-corrected chi connectivity index (χ1v) is 28.4. The van der Waals surface area contributed by atoms with Gasteiger partial charge in [0.15, 0.2) is 6.10 Å². The fraction of sp³-hybridized carbons (Fsp3) is 0.947. The zero-order valence-electron chi connectivity index (χ0n) is 43.0. The monoisotopic (exact) mass is 891 g/mol. The maximum atomic E-state index is 12.8. The molecule has 0 rings (SSSR count). The molecule has 0 aliphatic heterocycles. The van der Waals surface area contributed by atoms with Gasteiger partial charge >= 0.3 is 17.9 Å². The van der Waals surface area contributed by atoms with Crippen LogP contribution in [0.1, 0.15) is 323 Å². The second kappa shape index (κ2) is 51.4. The van der Waals surface area contributed by atoms with Gasteiger partial charge in [-0.1, -0.05) is 285 Å². The maximum Gasteiger partial charge on any atom is 0.306 e. The number of hydrogen-bond donors (Lipinski definition) is 0. The molecule has 0 aromatic carbocycles. The summed E-state index contributed by atoms with van der Waals surface area (Å²) in [5, 5.41) is 0. The van der Waals surface area contributed by atoms with Crippen LogP contribution in [0.4, 0.5) is 0 Å². The van der Waals surface area contributed by atoms with Gasteiger partial charge in [0, 0.05) is 19.3 Å². The first-order valence-electron chi connectivity index (χ1n) is 28.4. The lowest BCUT2D eigenvalue weighted by molar-refractivity contribution is -0.167. The second-order valence-electron chi connectivity index (χ2n) is 20.1. The van der Waals surface area contributed by atoms with Gasteiger partial charge in [0.1, 0.15) is 13.2 Å². The Morgan fingerprint density at radius 3 is 0.778 bits per heavy atom. The SMILES string of the molecule is CCCCCCCCCCCCCCCCCCCCC(=O)O[C@H](COC(=O)CCCCCCCCCCCCCCC)COC(=O)CCCCCCCCCCCCCC(C)C. The summed E-state index contributed by atoms with van der Waals surface area (Å²) in [4.78, 5) is 38.1. The van der Waals surface area contributed by atoms with Crippen molar-refractivity contribution in [1.29, 1.82) is 0 Å². The minimum absolute atomic E-state index is 0.0621. The predicted octanol–water partition coefficient (Wildman–Crippen LogP) is 18.6. The Bertz CT molecular complexity index is 949. The van der Waals surface area contributed by atoms with Crippen LogP contribution in [0.25, 0.3) is 0 Å². The maximum absolute atomic E-state index is 12.8. The number of rotatable bonds is 52. The molecule has 0 bridgehead atoms. The zero-order chi connectivity index (χ0) is 45.9. The highest BCUT2D eigenvalue weighted by Gasteiger charge is 2.19. The van der Waals surface area contributed by atoms with E-state index < -0.39 is 6.10 Å². The van der Waals surface area contributed by atoms with Crippen LogP contribution in [0.15, 0.2) is 0 Å². The zero-order valence-corrected chi connectivity index (χ0v) is 43.0. The summed E-state index contributed by atoms with van der Waals surface area (Å²) in [6, 6.07) is 0. The van der Waals surface area contributed by atoms with Crippen molar-refractivity contribution in [3.05, 3.63) is 0 Å². The average molecular weight is 892 g/mol. The Balaban J connectivity index is 4.29. The first-order chi connectivity index (χ1) is 30.9. The Hall–Kier alpha value is -1.59. The Morgan fingerprint density at radius 1 is 0.302 bits per heavy atom. The van der Waals surface area contributed by atoms with Crippen LogP contribution in [-0.2, 0) is 28.6 Å². The van der Waals surface area contributed by atoms with Crippen molar-refractivity contribution in [3.8, 4) is 0 Å². The summed E-state index contributed by atoms with van der Waals surface area (Å²) in [5.74, 6) is -0.0106. The Morgan fingerprint density at radius 2 is 0.524 bits per heavy atom. The molecule has 63 heavy (non-hydrogen) atoms. The molecule has 0 unspecified atom stereocenters. The quantitative estimate of drug-likeness (QED) is 0.0344. The molecule has 0 heterocycles. The van der Waals surface area contributed by atoms with Crippen molar-refractivity contribution in [2.45, 2.75) is 329 Å². The fourth-order valence-electron chi connectivity index (χ4n) is 8.75. The molecular formula is C57H110O6. The molecule has 0 fully saturated rings. The molecule has 0 saturated heterocycles. The molecule has 0 radical (unpaired) electrons. The number of carbonyl (C=O) groups is 3. The minimum Gasteiger partial charge on any atom is -0.462 e. The fourth-order valence-corrected chi connectivity index (χ4v) is 8.75. The van der Waals surface area contributed by atoms with E-state index in [1.807, 2.05) is 0 Å². The summed E-state index contributed by atoms with van der Waals surface area (Å²) >= 11 is 0. The number of carbonyl (C=O) groups excluding carboxylic acids is 3. The lowest BCUT2D eigenvalue weighted by atomic mass is 10.0. The van der Waals surface area contributed by atoms with Crippen molar-refractivity contribution in [2.75, 3.05) is 13.2 Å². The van der Waals surface area contributed by atoms with Crippen LogP contribution in [0.3, 0.4) is 0 Å². The highest BCUT2D eigenvalue weighted by atomic mass is 16.6. The molecule has 374 valence electrons. The van der Waals surface area contributed by atoms with E-state index in [9.17, 15) is 14.4 Å². The molecule has 0 aromatic rings. The lowest BCUT2D eigenvalue weighted by Crippen LogP contribution is -2.30. The minimum atomic E-state index is -0.761. The lowest BCUT2D eigenvalue weighted by Gasteiger charge is -2.18. The standard InChI is InChI=1S/C57H110O6/c1-5-7-9-11-13-15-17-19-20-21-22-23-25-29-34-38-42-46-50-57(60)63-54(51-61-55(58)48-44-40-36-32-28-24-18-16-14-12-10-8-6-2)52-62-56(59)49-45-41-37-33-30-26-27-31-35-39-43-47-53(3)4/h53-54H,5-52H2,1-4H3/t54-/m1/s1. The summed E-state index contributed by atoms with van der Waals surface area (Å²) < 4.78 is 16.9. The van der Waals surface area contributed by atoms with E-state index >= 15 is 0 Å². The van der Waals surface area contributed by atoms with Gasteiger partial charge in [0.05, 0.1) is 0 Å². The number of esters is 3. The molecule has 0 N–H and O–H groups in total. The van der Waals surface area contributed by atoms with Crippen molar-refractivity contribution < 1.29 is 28.6 Å². The van der Waals surface area contributed by atoms with E-state index in [0.29, 0.717) is 19.3 Å². The second-order valence-corrected chi connectivity index (χ2v) is 20.1. The van der Waals surface area contributed by atoms with Crippen LogP contribution in [-0.4, -0.2) is 37.2 Å². The number of hydrogen-bond acceptors (Lipinski definition) is 6. The highest BCUT2D eigenvalue weighted by molar-refractivity contribution is 5.71. The molecule has 1 atom stereocenters. The molecular weight excluding hydrogens is 781 g/mol. The Kier molecular flexibility index (Phi) is 50.1. The molecule has 0 amide bonds. The van der Waals surface area contributed by atoms with Gasteiger partial charge in [-0.2, -0.15) is 0 Å². The summed E-state index contributed by atoms with van der Waals surface area (Å²) in [6.45, 7) is 9.05. The van der Waals surface area contributed by atoms with Crippen molar-refractivity contribution in [1.82, 2.24) is 0 Å². The highest BCUT2D eigenvalue weighted by Crippen LogP contribution is 2.18. The normalized spacial score (nSPS) is 12.0. The van der Waals surface area contributed by atoms with E-state index in [2.05, 4.69) is 27.7 Å². The van der Waals surface area contributed by atoms with Crippen LogP contribution in [0.2, 0.25) is 0 Å². The molecule has 0 saturated carbocycles. The van der Waals surface area contributed by atoms with Gasteiger partial charge in [0.2, 0.25) is 0 Å². The van der Waals surface area contributed by atoms with E-state index in [1.165, 1.54) is 218 Å². The van der Waals surface area contributed by atoms with Crippen molar-refractivity contribution in [2.24, 2.45) is 5.92 Å². The topological polar surface area (TPSA) is 78.9 Å². The molecule has 0 aliphatic rings. The van der Waals surface area contributed by atoms with E-state index in [-0.39, 0.29) is 31.1 Å². The molecule has 6 nitrogen and oxygen atoms in total. The van der Waals surface area contributed by atoms with E-state index in [1.54, 1.807) is 0 Å². The third-order valence-corrected chi connectivity index (χ3v) is 13.0. The largest absolute Gasteiger partial charge is 0.462 e. The summed E-state index contributed by atoms with van der Waals surface area (Å²) in [5.41, 5.74) is 0. The van der Waals surface area contributed by atoms with E-state index in [4.69, 9.17) is 14.2 Å². The molecule has 0 aromatic heterocycles. The van der Waals surface area contributed by atoms with Crippen LogP contribution in [0.5, 0.6) is 0 Å². The van der Waals surface area contributed by atoms with Gasteiger partial charge in [-0.3, -0.25) is 14.4 Å². The van der Waals surface area contributed by atoms with Crippen molar-refractivity contribution >= 4 is 17.9 Å². The number of ether oxygens (including phenoxy) is 3. The van der Waals surface area contributed by atoms with Crippen LogP contribution >= 0.6 is 0 Å². The molecule has 6 heteroatoms. The third kappa shape index (κ3) is 51.3. The average Bonchev–Trinajstić information content (AvgIpc) is 3.27. The third-order valence-electron chi connectivity index (χ3n) is 13.0. The predicted molar refractivity (Wildman–Crippen MR) is 270 cm³/mol. The summed E-state index contributed by atoms with van der Waals surface area (Å²) in [6.07, 6.45) is 55.2. The molecule has 0 aliphatic carbocycles. The number of unbranched alkanes of at least 4 members (excludes halogenated alkanes) is 39. The van der Waals surface area contributed by atoms with Gasteiger partial charge < -0.3 is 14.2 Å². The Labute approximate surface area is 393 Å². The smallest absolute Gasteiger partial charge is 0.306 e. The van der Waals surface area contributed by atoms with Crippen LogP contribution < -0.4 is 0 Å². The first kappa shape index (κ1) is 61.4. The van der Waals surface area contributed by atoms with Crippen LogP contribution in [0, 0.1) is 5.92 Å².